The minimum absolute atomic E-state index is 0.189. The summed E-state index contributed by atoms with van der Waals surface area (Å²) >= 11 is 0. The number of piperidine rings is 1. The molecule has 1 heterocycles. The molecule has 0 saturated carbocycles. The average molecular weight is 492 g/mol. The Morgan fingerprint density at radius 1 is 1.09 bits per heavy atom. The van der Waals surface area contributed by atoms with E-state index >= 15 is 0 Å². The van der Waals surface area contributed by atoms with E-state index in [0.29, 0.717) is 42.1 Å². The minimum atomic E-state index is -3.84. The minimum Gasteiger partial charge on any atom is -0.493 e. The molecule has 0 bridgehead atoms. The Labute approximate surface area is 201 Å². The van der Waals surface area contributed by atoms with E-state index < -0.39 is 28.0 Å². The van der Waals surface area contributed by atoms with Crippen LogP contribution in [0.4, 0.5) is 0 Å². The number of carbonyl (C=O) groups is 1. The molecule has 3 unspecified atom stereocenters. The fourth-order valence-electron chi connectivity index (χ4n) is 5.00. The zero-order valence-corrected chi connectivity index (χ0v) is 20.9. The zero-order chi connectivity index (χ0) is 24.9. The van der Waals surface area contributed by atoms with Crippen LogP contribution < -0.4 is 14.2 Å². The molecule has 8 nitrogen and oxygen atoms in total. The highest BCUT2D eigenvalue weighted by Gasteiger charge is 2.45. The predicted octanol–water partition coefficient (Wildman–Crippen LogP) is 3.90. The van der Waals surface area contributed by atoms with Gasteiger partial charge in [0.15, 0.2) is 11.5 Å². The molecule has 0 amide bonds. The van der Waals surface area contributed by atoms with E-state index in [1.165, 1.54) is 25.6 Å². The molecule has 9 heteroatoms. The van der Waals surface area contributed by atoms with Gasteiger partial charge in [-0.05, 0) is 54.4 Å². The topological polar surface area (TPSA) is 102 Å². The van der Waals surface area contributed by atoms with Crippen LogP contribution in [0.3, 0.4) is 0 Å². The quantitative estimate of drug-likeness (QED) is 0.538. The number of hydrogen-bond donors (Lipinski definition) is 1. The summed E-state index contributed by atoms with van der Waals surface area (Å²) in [5, 5.41) is 10.2. The number of carboxylic acid groups (broad SMARTS) is 1. The van der Waals surface area contributed by atoms with E-state index in [9.17, 15) is 18.3 Å². The summed E-state index contributed by atoms with van der Waals surface area (Å²) in [6.45, 7) is 2.17. The van der Waals surface area contributed by atoms with Gasteiger partial charge in [-0.15, -0.1) is 0 Å². The highest BCUT2D eigenvalue weighted by atomic mass is 32.2. The van der Waals surface area contributed by atoms with Gasteiger partial charge in [0.05, 0.1) is 27.1 Å². The molecule has 0 aliphatic carbocycles. The summed E-state index contributed by atoms with van der Waals surface area (Å²) in [6, 6.07) is 11.3. The van der Waals surface area contributed by atoms with E-state index in [1.54, 1.807) is 24.3 Å². The van der Waals surface area contributed by atoms with Crippen molar-refractivity contribution < 1.29 is 32.5 Å². The van der Waals surface area contributed by atoms with Crippen LogP contribution in [0, 0.1) is 5.92 Å². The van der Waals surface area contributed by atoms with Crippen LogP contribution in [0.25, 0.3) is 0 Å². The molecule has 1 saturated heterocycles. The van der Waals surface area contributed by atoms with Gasteiger partial charge in [-0.2, -0.15) is 4.31 Å². The first kappa shape index (κ1) is 25.8. The van der Waals surface area contributed by atoms with Crippen LogP contribution in [0.15, 0.2) is 42.5 Å². The number of rotatable bonds is 10. The molecule has 0 radical (unpaired) electrons. The van der Waals surface area contributed by atoms with Crippen molar-refractivity contribution in [2.45, 2.75) is 43.9 Å². The Morgan fingerprint density at radius 3 is 2.21 bits per heavy atom. The fourth-order valence-corrected chi connectivity index (χ4v) is 6.78. The SMILES string of the molecule is CCC(c1cc(OC)c(OC)c(OC)c1)C1CCCN(S(=O)(=O)Cc2ccccc2)C1C(=O)O. The maximum Gasteiger partial charge on any atom is 0.322 e. The summed E-state index contributed by atoms with van der Waals surface area (Å²) in [7, 11) is 0.738. The average Bonchev–Trinajstić information content (AvgIpc) is 2.83. The first-order valence-electron chi connectivity index (χ1n) is 11.3. The molecule has 3 atom stereocenters. The maximum absolute atomic E-state index is 13.4. The highest BCUT2D eigenvalue weighted by Crippen LogP contribution is 2.45. The first-order valence-corrected chi connectivity index (χ1v) is 12.9. The van der Waals surface area contributed by atoms with Crippen LogP contribution in [0.1, 0.15) is 43.2 Å². The number of nitrogens with zero attached hydrogens (tertiary/aromatic N) is 1. The Morgan fingerprint density at radius 2 is 1.71 bits per heavy atom. The Bertz CT molecular complexity index is 1060. The standard InChI is InChI=1S/C25H33NO7S/c1-5-19(18-14-21(31-2)24(33-4)22(15-18)32-3)20-12-9-13-26(23(20)25(27)28)34(29,30)16-17-10-7-6-8-11-17/h6-8,10-11,14-15,19-20,23H,5,9,12-13,16H2,1-4H3,(H,27,28). The number of aliphatic carboxylic acids is 1. The van der Waals surface area contributed by atoms with Crippen molar-refractivity contribution in [3.63, 3.8) is 0 Å². The lowest BCUT2D eigenvalue weighted by Gasteiger charge is -2.41. The Kier molecular flexibility index (Phi) is 8.43. The van der Waals surface area contributed by atoms with Gasteiger partial charge in [0.25, 0.3) is 0 Å². The van der Waals surface area contributed by atoms with Crippen LogP contribution in [0.5, 0.6) is 17.2 Å². The van der Waals surface area contributed by atoms with Crippen molar-refractivity contribution in [1.82, 2.24) is 4.31 Å². The molecular weight excluding hydrogens is 458 g/mol. The molecule has 34 heavy (non-hydrogen) atoms. The third kappa shape index (κ3) is 5.31. The van der Waals surface area contributed by atoms with Crippen LogP contribution in [-0.4, -0.2) is 57.7 Å². The molecule has 0 aromatic heterocycles. The molecule has 186 valence electrons. The van der Waals surface area contributed by atoms with E-state index in [2.05, 4.69) is 0 Å². The van der Waals surface area contributed by atoms with E-state index in [-0.39, 0.29) is 18.2 Å². The Hall–Kier alpha value is -2.78. The van der Waals surface area contributed by atoms with Gasteiger partial charge in [-0.3, -0.25) is 4.79 Å². The first-order chi connectivity index (χ1) is 16.3. The number of sulfonamides is 1. The van der Waals surface area contributed by atoms with Crippen molar-refractivity contribution >= 4 is 16.0 Å². The third-order valence-corrected chi connectivity index (χ3v) is 8.33. The largest absolute Gasteiger partial charge is 0.493 e. The summed E-state index contributed by atoms with van der Waals surface area (Å²) in [6.07, 6.45) is 1.81. The third-order valence-electron chi connectivity index (χ3n) is 6.51. The van der Waals surface area contributed by atoms with Gasteiger partial charge in [-0.1, -0.05) is 37.3 Å². The fraction of sp³-hybridized carbons (Fsp3) is 0.480. The van der Waals surface area contributed by atoms with Gasteiger partial charge in [-0.25, -0.2) is 8.42 Å². The van der Waals surface area contributed by atoms with Gasteiger partial charge in [0.2, 0.25) is 15.8 Å². The molecule has 1 aliphatic heterocycles. The predicted molar refractivity (Wildman–Crippen MR) is 129 cm³/mol. The van der Waals surface area contributed by atoms with Crippen molar-refractivity contribution in [3.8, 4) is 17.2 Å². The number of benzene rings is 2. The maximum atomic E-state index is 13.4. The van der Waals surface area contributed by atoms with E-state index in [0.717, 1.165) is 5.56 Å². The van der Waals surface area contributed by atoms with E-state index in [4.69, 9.17) is 14.2 Å². The molecule has 0 spiro atoms. The second-order valence-electron chi connectivity index (χ2n) is 8.42. The molecule has 3 rings (SSSR count). The van der Waals surface area contributed by atoms with Gasteiger partial charge < -0.3 is 19.3 Å². The normalized spacial score (nSPS) is 19.9. The molecule has 2 aromatic rings. The number of methoxy groups -OCH3 is 3. The summed E-state index contributed by atoms with van der Waals surface area (Å²) in [4.78, 5) is 12.5. The Balaban J connectivity index is 2.01. The van der Waals surface area contributed by atoms with Crippen LogP contribution in [0.2, 0.25) is 0 Å². The summed E-state index contributed by atoms with van der Waals surface area (Å²) < 4.78 is 44.3. The summed E-state index contributed by atoms with van der Waals surface area (Å²) in [5.74, 6) is -0.584. The second-order valence-corrected chi connectivity index (χ2v) is 10.3. The molecule has 1 aliphatic rings. The zero-order valence-electron chi connectivity index (χ0n) is 20.1. The van der Waals surface area contributed by atoms with Gasteiger partial charge in [0, 0.05) is 6.54 Å². The molecular formula is C25H33NO7S. The number of ether oxygens (including phenoxy) is 3. The van der Waals surface area contributed by atoms with Crippen molar-refractivity contribution in [2.75, 3.05) is 27.9 Å². The van der Waals surface area contributed by atoms with Crippen LogP contribution in [-0.2, 0) is 20.6 Å². The van der Waals surface area contributed by atoms with Gasteiger partial charge >= 0.3 is 5.97 Å². The summed E-state index contributed by atoms with van der Waals surface area (Å²) in [5.41, 5.74) is 1.46. The molecule has 1 fully saturated rings. The molecule has 2 aromatic carbocycles. The van der Waals surface area contributed by atoms with Crippen molar-refractivity contribution in [1.29, 1.82) is 0 Å². The highest BCUT2D eigenvalue weighted by molar-refractivity contribution is 7.88. The van der Waals surface area contributed by atoms with Crippen LogP contribution >= 0.6 is 0 Å². The lowest BCUT2D eigenvalue weighted by Crippen LogP contribution is -2.54. The lowest BCUT2D eigenvalue weighted by atomic mass is 9.75. The molecule has 1 N–H and O–H groups in total. The number of hydrogen-bond acceptors (Lipinski definition) is 6. The van der Waals surface area contributed by atoms with Gasteiger partial charge in [0.1, 0.15) is 6.04 Å². The lowest BCUT2D eigenvalue weighted by molar-refractivity contribution is -0.145. The van der Waals surface area contributed by atoms with Crippen molar-refractivity contribution in [3.05, 3.63) is 53.6 Å². The van der Waals surface area contributed by atoms with Crippen molar-refractivity contribution in [2.24, 2.45) is 5.92 Å². The van der Waals surface area contributed by atoms with E-state index in [1.807, 2.05) is 25.1 Å². The smallest absolute Gasteiger partial charge is 0.322 e. The second kappa shape index (κ2) is 11.1. The monoisotopic (exact) mass is 491 g/mol. The number of carboxylic acids is 1.